The average Bonchev–Trinajstić information content (AvgIpc) is 2.87. The Morgan fingerprint density at radius 1 is 1.17 bits per heavy atom. The van der Waals surface area contributed by atoms with Gasteiger partial charge in [0.1, 0.15) is 0 Å². The molecule has 1 aliphatic rings. The lowest BCUT2D eigenvalue weighted by Crippen LogP contribution is -2.36. The van der Waals surface area contributed by atoms with Gasteiger partial charge < -0.3 is 9.64 Å². The Bertz CT molecular complexity index is 1110. The second-order valence-electron chi connectivity index (χ2n) is 6.96. The number of halogens is 1. The molecule has 154 valence electrons. The summed E-state index contributed by atoms with van der Waals surface area (Å²) in [6.07, 6.45) is 1.15. The fraction of sp³-hybridized carbons (Fsp3) is 0.238. The number of anilines is 2. The summed E-state index contributed by atoms with van der Waals surface area (Å²) in [5.74, 6) is 0.134. The summed E-state index contributed by atoms with van der Waals surface area (Å²) in [5, 5.41) is 9.48. The molecule has 0 aliphatic carbocycles. The number of carbonyl (C=O) groups is 1. The third kappa shape index (κ3) is 3.68. The van der Waals surface area contributed by atoms with Gasteiger partial charge in [-0.1, -0.05) is 35.5 Å². The van der Waals surface area contributed by atoms with E-state index in [0.717, 1.165) is 11.3 Å². The number of rotatable bonds is 3. The van der Waals surface area contributed by atoms with Gasteiger partial charge >= 0.3 is 0 Å². The van der Waals surface area contributed by atoms with Gasteiger partial charge in [0.15, 0.2) is 5.69 Å². The van der Waals surface area contributed by atoms with E-state index < -0.39 is 6.23 Å². The van der Waals surface area contributed by atoms with Crippen LogP contribution in [0.1, 0.15) is 18.7 Å². The summed E-state index contributed by atoms with van der Waals surface area (Å²) in [7, 11) is 3.95. The zero-order valence-corrected chi connectivity index (χ0v) is 18.5. The molecule has 1 amide bonds. The number of carbonyl (C=O) groups excluding carboxylic acids is 1. The molecule has 1 aliphatic heterocycles. The molecule has 7 nitrogen and oxygen atoms in total. The van der Waals surface area contributed by atoms with E-state index in [2.05, 4.69) is 15.2 Å². The van der Waals surface area contributed by atoms with Crippen LogP contribution in [0, 0.1) is 0 Å². The molecular formula is C21H20ClN5O2S. The maximum atomic E-state index is 12.8. The van der Waals surface area contributed by atoms with Crippen molar-refractivity contribution in [1.82, 2.24) is 15.2 Å². The van der Waals surface area contributed by atoms with Crippen LogP contribution in [-0.2, 0) is 4.79 Å². The minimum atomic E-state index is -0.716. The highest BCUT2D eigenvalue weighted by Gasteiger charge is 2.34. The zero-order valence-electron chi connectivity index (χ0n) is 17.0. The average molecular weight is 442 g/mol. The van der Waals surface area contributed by atoms with Crippen LogP contribution in [-0.4, -0.2) is 41.4 Å². The second-order valence-corrected chi connectivity index (χ2v) is 8.17. The summed E-state index contributed by atoms with van der Waals surface area (Å²) >= 11 is 7.63. The SMILES string of the molecule is CSc1nnc2c(n1)OC(c1ccc(N(C)C)cc1)N(C(C)=O)c1ccc(Cl)cc1-2. The Morgan fingerprint density at radius 2 is 1.90 bits per heavy atom. The first-order valence-corrected chi connectivity index (χ1v) is 10.8. The molecule has 0 bridgehead atoms. The summed E-state index contributed by atoms with van der Waals surface area (Å²) < 4.78 is 6.30. The van der Waals surface area contributed by atoms with Crippen LogP contribution in [0.5, 0.6) is 5.88 Å². The van der Waals surface area contributed by atoms with E-state index >= 15 is 0 Å². The van der Waals surface area contributed by atoms with Crippen LogP contribution < -0.4 is 14.5 Å². The van der Waals surface area contributed by atoms with Crippen LogP contribution in [0.3, 0.4) is 0 Å². The number of hydrogen-bond acceptors (Lipinski definition) is 7. The van der Waals surface area contributed by atoms with Crippen LogP contribution in [0.2, 0.25) is 5.02 Å². The summed E-state index contributed by atoms with van der Waals surface area (Å²) in [4.78, 5) is 20.9. The van der Waals surface area contributed by atoms with Gasteiger partial charge in [-0.05, 0) is 36.6 Å². The standard InChI is InChI=1S/C21H20ClN5O2S/c1-12(28)27-17-10-7-14(22)11-16(17)18-19(23-21(30-4)25-24-18)29-20(27)13-5-8-15(9-6-13)26(2)3/h5-11,20H,1-4H3. The number of ether oxygens (including phenoxy) is 1. The second kappa shape index (κ2) is 8.12. The van der Waals surface area contributed by atoms with Crippen molar-refractivity contribution in [3.63, 3.8) is 0 Å². The first-order valence-electron chi connectivity index (χ1n) is 9.21. The van der Waals surface area contributed by atoms with E-state index in [9.17, 15) is 4.79 Å². The number of fused-ring (bicyclic) bond motifs is 3. The van der Waals surface area contributed by atoms with E-state index in [0.29, 0.717) is 33.0 Å². The minimum absolute atomic E-state index is 0.175. The van der Waals surface area contributed by atoms with E-state index in [1.165, 1.54) is 18.7 Å². The number of benzene rings is 2. The molecule has 0 fully saturated rings. The molecule has 2 heterocycles. The summed E-state index contributed by atoms with van der Waals surface area (Å²) in [6.45, 7) is 1.51. The Morgan fingerprint density at radius 3 is 2.53 bits per heavy atom. The topological polar surface area (TPSA) is 71.5 Å². The molecule has 9 heteroatoms. The third-order valence-electron chi connectivity index (χ3n) is 4.78. The van der Waals surface area contributed by atoms with Gasteiger partial charge in [0.25, 0.3) is 0 Å². The molecular weight excluding hydrogens is 422 g/mol. The van der Waals surface area contributed by atoms with Crippen LogP contribution in [0.15, 0.2) is 47.6 Å². The highest BCUT2D eigenvalue weighted by Crippen LogP contribution is 2.44. The Balaban J connectivity index is 1.93. The lowest BCUT2D eigenvalue weighted by atomic mass is 10.1. The van der Waals surface area contributed by atoms with Gasteiger partial charge in [-0.15, -0.1) is 10.2 Å². The maximum Gasteiger partial charge on any atom is 0.247 e. The van der Waals surface area contributed by atoms with Gasteiger partial charge in [-0.3, -0.25) is 9.69 Å². The monoisotopic (exact) mass is 441 g/mol. The molecule has 30 heavy (non-hydrogen) atoms. The quantitative estimate of drug-likeness (QED) is 0.557. The fourth-order valence-corrected chi connectivity index (χ4v) is 3.79. The van der Waals surface area contributed by atoms with Crippen molar-refractivity contribution in [3.8, 4) is 17.1 Å². The Kier molecular flexibility index (Phi) is 5.53. The van der Waals surface area contributed by atoms with Crippen LogP contribution >= 0.6 is 23.4 Å². The lowest BCUT2D eigenvalue weighted by molar-refractivity contribution is -0.118. The van der Waals surface area contributed by atoms with Crippen molar-refractivity contribution in [2.75, 3.05) is 30.2 Å². The highest BCUT2D eigenvalue weighted by atomic mass is 35.5. The van der Waals surface area contributed by atoms with Gasteiger partial charge in [-0.2, -0.15) is 4.98 Å². The Hall–Kier alpha value is -2.84. The smallest absolute Gasteiger partial charge is 0.247 e. The van der Waals surface area contributed by atoms with Crippen molar-refractivity contribution in [3.05, 3.63) is 53.1 Å². The lowest BCUT2D eigenvalue weighted by Gasteiger charge is -2.30. The minimum Gasteiger partial charge on any atom is -0.447 e. The fourth-order valence-electron chi connectivity index (χ4n) is 3.32. The summed E-state index contributed by atoms with van der Waals surface area (Å²) in [6, 6.07) is 13.1. The molecule has 0 radical (unpaired) electrons. The first kappa shape index (κ1) is 20.4. The molecule has 4 rings (SSSR count). The van der Waals surface area contributed by atoms with Gasteiger partial charge in [0.2, 0.25) is 23.2 Å². The number of amides is 1. The molecule has 0 N–H and O–H groups in total. The Labute approximate surface area is 184 Å². The van der Waals surface area contributed by atoms with Gasteiger partial charge in [0, 0.05) is 42.9 Å². The molecule has 0 spiro atoms. The van der Waals surface area contributed by atoms with Crippen molar-refractivity contribution in [2.45, 2.75) is 18.3 Å². The maximum absolute atomic E-state index is 12.8. The van der Waals surface area contributed by atoms with Gasteiger partial charge in [-0.25, -0.2) is 0 Å². The number of aromatic nitrogens is 3. The molecule has 1 atom stereocenters. The first-order chi connectivity index (χ1) is 14.4. The van der Waals surface area contributed by atoms with Crippen molar-refractivity contribution >= 4 is 40.6 Å². The van der Waals surface area contributed by atoms with Crippen LogP contribution in [0.25, 0.3) is 11.3 Å². The van der Waals surface area contributed by atoms with Crippen molar-refractivity contribution in [2.24, 2.45) is 0 Å². The normalized spacial score (nSPS) is 15.0. The van der Waals surface area contributed by atoms with E-state index in [4.69, 9.17) is 16.3 Å². The summed E-state index contributed by atoms with van der Waals surface area (Å²) in [5.41, 5.74) is 3.59. The number of hydrogen-bond donors (Lipinski definition) is 0. The predicted molar refractivity (Wildman–Crippen MR) is 119 cm³/mol. The van der Waals surface area contributed by atoms with Crippen LogP contribution in [0.4, 0.5) is 11.4 Å². The van der Waals surface area contributed by atoms with E-state index in [1.54, 1.807) is 23.1 Å². The van der Waals surface area contributed by atoms with E-state index in [-0.39, 0.29) is 5.91 Å². The van der Waals surface area contributed by atoms with Gasteiger partial charge in [0.05, 0.1) is 5.69 Å². The number of nitrogens with zero attached hydrogens (tertiary/aromatic N) is 5. The third-order valence-corrected chi connectivity index (χ3v) is 5.56. The van der Waals surface area contributed by atoms with Crippen molar-refractivity contribution in [1.29, 1.82) is 0 Å². The molecule has 0 saturated carbocycles. The van der Waals surface area contributed by atoms with E-state index in [1.807, 2.05) is 49.5 Å². The molecule has 2 aromatic carbocycles. The highest BCUT2D eigenvalue weighted by molar-refractivity contribution is 7.98. The largest absolute Gasteiger partial charge is 0.447 e. The molecule has 0 saturated heterocycles. The molecule has 3 aromatic rings. The predicted octanol–water partition coefficient (Wildman–Crippen LogP) is 4.42. The molecule has 1 aromatic heterocycles. The zero-order chi connectivity index (χ0) is 21.4. The molecule has 1 unspecified atom stereocenters. The van der Waals surface area contributed by atoms with Crippen molar-refractivity contribution < 1.29 is 9.53 Å². The number of thioether (sulfide) groups is 1.